The number of rotatable bonds is 9. The minimum atomic E-state index is -3.93. The predicted octanol–water partition coefficient (Wildman–Crippen LogP) is 4.23. The number of morpholine rings is 1. The van der Waals surface area contributed by atoms with Crippen molar-refractivity contribution in [3.05, 3.63) is 60.7 Å². The highest BCUT2D eigenvalue weighted by molar-refractivity contribution is 7.91. The third kappa shape index (κ3) is 9.13. The van der Waals surface area contributed by atoms with Gasteiger partial charge in [0.05, 0.1) is 37.8 Å². The molecule has 1 aromatic heterocycles. The van der Waals surface area contributed by atoms with Gasteiger partial charge in [-0.2, -0.15) is 0 Å². The van der Waals surface area contributed by atoms with Gasteiger partial charge >= 0.3 is 6.09 Å². The summed E-state index contributed by atoms with van der Waals surface area (Å²) < 4.78 is 45.9. The molecule has 0 spiro atoms. The lowest BCUT2D eigenvalue weighted by atomic mass is 9.88. The van der Waals surface area contributed by atoms with Crippen LogP contribution in [0.25, 0.3) is 22.0 Å². The number of allylic oxidation sites excluding steroid dienone is 1. The summed E-state index contributed by atoms with van der Waals surface area (Å²) in [6, 6.07) is 13.2. The molecule has 2 unspecified atom stereocenters. The number of carbonyl (C=O) groups is 4. The van der Waals surface area contributed by atoms with Crippen LogP contribution < -0.4 is 29.7 Å². The first-order chi connectivity index (χ1) is 29.2. The Kier molecular flexibility index (Phi) is 11.9. The van der Waals surface area contributed by atoms with Crippen LogP contribution in [0, 0.1) is 17.8 Å². The molecule has 16 nitrogen and oxygen atoms in total. The Bertz CT molecular complexity index is 2310. The highest BCUT2D eigenvalue weighted by Gasteiger charge is 2.62. The molecule has 3 aromatic rings. The van der Waals surface area contributed by atoms with E-state index < -0.39 is 74.7 Å². The average Bonchev–Trinajstić information content (AvgIpc) is 4.18. The molecule has 0 bridgehead atoms. The number of carbonyl (C=O) groups excluding carboxylic acids is 3. The van der Waals surface area contributed by atoms with Crippen molar-refractivity contribution >= 4 is 50.3 Å². The molecule has 4 amide bonds. The van der Waals surface area contributed by atoms with Crippen molar-refractivity contribution in [2.45, 2.75) is 87.8 Å². The number of anilines is 1. The molecule has 4 fully saturated rings. The maximum Gasteiger partial charge on any atom is 0.405 e. The number of aromatic nitrogens is 1. The van der Waals surface area contributed by atoms with Crippen molar-refractivity contribution in [3.8, 4) is 22.9 Å². The van der Waals surface area contributed by atoms with Crippen LogP contribution in [0.3, 0.4) is 0 Å². The molecule has 2 saturated heterocycles. The normalized spacial score (nSPS) is 29.0. The van der Waals surface area contributed by atoms with E-state index >= 15 is 0 Å². The molecule has 2 aromatic carbocycles. The van der Waals surface area contributed by atoms with Gasteiger partial charge in [-0.1, -0.05) is 38.1 Å². The first-order valence-electron chi connectivity index (χ1n) is 21.2. The van der Waals surface area contributed by atoms with E-state index in [0.717, 1.165) is 36.1 Å². The predicted molar refractivity (Wildman–Crippen MR) is 227 cm³/mol. The quantitative estimate of drug-likeness (QED) is 0.223. The van der Waals surface area contributed by atoms with Crippen LogP contribution in [-0.2, 0) is 29.1 Å². The smallest absolute Gasteiger partial charge is 0.405 e. The highest BCUT2D eigenvalue weighted by atomic mass is 32.2. The minimum absolute atomic E-state index is 0.0153. The van der Waals surface area contributed by atoms with Crippen molar-refractivity contribution in [2.75, 3.05) is 44.9 Å². The van der Waals surface area contributed by atoms with Crippen LogP contribution in [0.1, 0.15) is 58.8 Å². The number of amides is 4. The van der Waals surface area contributed by atoms with Crippen molar-refractivity contribution in [3.63, 3.8) is 0 Å². The zero-order valence-electron chi connectivity index (χ0n) is 34.7. The lowest BCUT2D eigenvalue weighted by molar-refractivity contribution is -0.142. The van der Waals surface area contributed by atoms with E-state index in [2.05, 4.69) is 20.3 Å². The summed E-state index contributed by atoms with van der Waals surface area (Å²) in [5.74, 6) is -1.98. The second-order valence-electron chi connectivity index (χ2n) is 17.2. The largest absolute Gasteiger partial charge is 0.497 e. The van der Waals surface area contributed by atoms with E-state index in [1.807, 2.05) is 68.5 Å². The van der Waals surface area contributed by atoms with Gasteiger partial charge in [0.2, 0.25) is 27.7 Å². The van der Waals surface area contributed by atoms with Gasteiger partial charge in [0, 0.05) is 42.1 Å². The Morgan fingerprint density at radius 1 is 1.02 bits per heavy atom. The Morgan fingerprint density at radius 3 is 2.48 bits per heavy atom. The van der Waals surface area contributed by atoms with E-state index in [0.29, 0.717) is 55.7 Å². The Hall–Kier alpha value is -5.42. The van der Waals surface area contributed by atoms with Gasteiger partial charge in [-0.25, -0.2) is 18.2 Å². The van der Waals surface area contributed by atoms with Crippen molar-refractivity contribution in [2.24, 2.45) is 17.8 Å². The van der Waals surface area contributed by atoms with Gasteiger partial charge in [-0.05, 0) is 92.1 Å². The zero-order chi connectivity index (χ0) is 43.1. The van der Waals surface area contributed by atoms with Gasteiger partial charge in [0.25, 0.3) is 5.91 Å². The van der Waals surface area contributed by atoms with Gasteiger partial charge in [-0.15, -0.1) is 0 Å². The van der Waals surface area contributed by atoms with Gasteiger partial charge < -0.3 is 39.8 Å². The molecule has 5 aliphatic rings. The van der Waals surface area contributed by atoms with Crippen LogP contribution in [0.5, 0.6) is 11.6 Å². The molecule has 8 rings (SSSR count). The number of carboxylic acid groups (broad SMARTS) is 1. The van der Waals surface area contributed by atoms with Crippen LogP contribution in [0.2, 0.25) is 0 Å². The van der Waals surface area contributed by atoms with Crippen molar-refractivity contribution in [1.29, 1.82) is 0 Å². The molecular weight excluding hydrogens is 805 g/mol. The summed E-state index contributed by atoms with van der Waals surface area (Å²) in [6.07, 6.45) is 4.61. The number of hydrogen-bond acceptors (Lipinski definition) is 11. The number of nitrogens with zero attached hydrogens (tertiary/aromatic N) is 3. The fourth-order valence-electron chi connectivity index (χ4n) is 9.02. The second kappa shape index (κ2) is 17.2. The topological polar surface area (TPSA) is 206 Å². The molecule has 326 valence electrons. The molecule has 4 N–H and O–H groups in total. The summed E-state index contributed by atoms with van der Waals surface area (Å²) in [5.41, 5.74) is 0.983. The number of ether oxygens (including phenoxy) is 3. The number of benzene rings is 2. The number of nitrogens with one attached hydrogen (secondary N) is 3. The van der Waals surface area contributed by atoms with Crippen LogP contribution in [0.4, 0.5) is 10.5 Å². The van der Waals surface area contributed by atoms with Crippen LogP contribution >= 0.6 is 0 Å². The van der Waals surface area contributed by atoms with E-state index in [1.165, 1.54) is 4.90 Å². The molecule has 61 heavy (non-hydrogen) atoms. The first kappa shape index (κ1) is 42.3. The monoisotopic (exact) mass is 858 g/mol. The van der Waals surface area contributed by atoms with E-state index in [-0.39, 0.29) is 31.2 Å². The standard InChI is InChI=1S/C44H54N6O10S/c1-26-6-4-5-7-30-24-44(30,42(53)48-61(56,57)34-13-14-34)47-39(51)37-23-33(25-50(37)41(52)38(27(2)20-26)46-43(54)55)60-40-35-15-12-32(58-3)21-29(35)22-36(45-40)28-8-10-31(11-9-28)49-16-18-59-19-17-49/h5,7-12,15,21-22,26-27,30,33-34,37-38,46H,4,6,13-14,16-20,23-25H2,1-3H3,(H,47,51)(H,48,53)(H,54,55)/b7-5-/t26-,27-,30?,33-,37+,38+,44?/m1/s1. The molecular formula is C44H54N6O10S. The fourth-order valence-corrected chi connectivity index (χ4v) is 10.4. The SMILES string of the molecule is COc1ccc2c(O[C@@H]3C[C@H]4C(=O)NC5(C(=O)NS(=O)(=O)C6CC6)CC5/C=C\CC[C@@H](C)C[C@@H](C)[C@H](NC(=O)O)C(=O)N4C3)nc(-c3ccc(N4CCOCC4)cc3)cc2c1. The molecule has 3 aliphatic heterocycles. The Labute approximate surface area is 355 Å². The maximum atomic E-state index is 14.7. The number of fused-ring (bicyclic) bond motifs is 3. The second-order valence-corrected chi connectivity index (χ2v) is 19.2. The van der Waals surface area contributed by atoms with E-state index in [4.69, 9.17) is 19.2 Å². The van der Waals surface area contributed by atoms with Crippen LogP contribution in [0.15, 0.2) is 60.7 Å². The summed E-state index contributed by atoms with van der Waals surface area (Å²) in [6.45, 7) is 6.69. The van der Waals surface area contributed by atoms with Crippen molar-refractivity contribution in [1.82, 2.24) is 25.2 Å². The summed E-state index contributed by atoms with van der Waals surface area (Å²) in [7, 11) is -2.35. The van der Waals surface area contributed by atoms with Gasteiger partial charge in [0.1, 0.15) is 29.5 Å². The maximum absolute atomic E-state index is 14.7. The summed E-state index contributed by atoms with van der Waals surface area (Å²) in [5, 5.41) is 16.0. The third-order valence-electron chi connectivity index (χ3n) is 12.7. The lowest BCUT2D eigenvalue weighted by Gasteiger charge is -2.32. The molecule has 17 heteroatoms. The van der Waals surface area contributed by atoms with Crippen LogP contribution in [-0.4, -0.2) is 116 Å². The van der Waals surface area contributed by atoms with Gasteiger partial charge in [-0.3, -0.25) is 19.1 Å². The lowest BCUT2D eigenvalue weighted by Crippen LogP contribution is -2.59. The molecule has 2 saturated carbocycles. The number of methoxy groups -OCH3 is 1. The minimum Gasteiger partial charge on any atom is -0.497 e. The molecule has 7 atom stereocenters. The zero-order valence-corrected chi connectivity index (χ0v) is 35.5. The number of sulfonamides is 1. The van der Waals surface area contributed by atoms with E-state index in [9.17, 15) is 32.7 Å². The van der Waals surface area contributed by atoms with Gasteiger partial charge in [0.15, 0.2) is 0 Å². The van der Waals surface area contributed by atoms with E-state index in [1.54, 1.807) is 13.2 Å². The summed E-state index contributed by atoms with van der Waals surface area (Å²) in [4.78, 5) is 63.8. The number of pyridine rings is 1. The molecule has 2 aliphatic carbocycles. The Morgan fingerprint density at radius 2 is 1.77 bits per heavy atom. The Balaban J connectivity index is 1.13. The first-order valence-corrected chi connectivity index (χ1v) is 22.7. The molecule has 0 radical (unpaired) electrons. The summed E-state index contributed by atoms with van der Waals surface area (Å²) >= 11 is 0. The molecule has 4 heterocycles. The third-order valence-corrected chi connectivity index (χ3v) is 14.5. The number of hydrogen-bond donors (Lipinski definition) is 4. The fraction of sp³-hybridized carbons (Fsp3) is 0.523. The van der Waals surface area contributed by atoms with Crippen molar-refractivity contribution < 1.29 is 46.9 Å². The highest BCUT2D eigenvalue weighted by Crippen LogP contribution is 2.46. The average molecular weight is 859 g/mol.